The van der Waals surface area contributed by atoms with Crippen molar-refractivity contribution in [1.29, 1.82) is 0 Å². The standard InChI is InChI=1S/C14H22FNO2/c1-4-16(5-2)8-9-18-12-6-7-13(11(3)17)14(15)10-12/h6-7,10-11,17H,4-5,8-9H2,1-3H3/t11-/m1/s1. The molecule has 1 aromatic rings. The average Bonchev–Trinajstić information content (AvgIpc) is 2.34. The first-order chi connectivity index (χ1) is 8.58. The van der Waals surface area contributed by atoms with Crippen LogP contribution in [0.1, 0.15) is 32.4 Å². The maximum absolute atomic E-state index is 13.6. The van der Waals surface area contributed by atoms with E-state index in [1.807, 2.05) is 0 Å². The minimum absolute atomic E-state index is 0.297. The third kappa shape index (κ3) is 4.27. The van der Waals surface area contributed by atoms with Crippen molar-refractivity contribution in [2.24, 2.45) is 0 Å². The van der Waals surface area contributed by atoms with Crippen LogP contribution in [0, 0.1) is 5.82 Å². The highest BCUT2D eigenvalue weighted by Gasteiger charge is 2.09. The van der Waals surface area contributed by atoms with E-state index in [-0.39, 0.29) is 0 Å². The summed E-state index contributed by atoms with van der Waals surface area (Å²) in [6, 6.07) is 4.57. The molecule has 18 heavy (non-hydrogen) atoms. The zero-order chi connectivity index (χ0) is 13.5. The van der Waals surface area contributed by atoms with Gasteiger partial charge in [-0.3, -0.25) is 0 Å². The van der Waals surface area contributed by atoms with E-state index < -0.39 is 11.9 Å². The Bertz CT molecular complexity index is 365. The van der Waals surface area contributed by atoms with Crippen LogP contribution in [0.25, 0.3) is 0 Å². The first-order valence-corrected chi connectivity index (χ1v) is 6.41. The largest absolute Gasteiger partial charge is 0.492 e. The topological polar surface area (TPSA) is 32.7 Å². The van der Waals surface area contributed by atoms with Crippen molar-refractivity contribution in [2.75, 3.05) is 26.2 Å². The maximum Gasteiger partial charge on any atom is 0.132 e. The smallest absolute Gasteiger partial charge is 0.132 e. The Hall–Kier alpha value is -1.13. The average molecular weight is 255 g/mol. The van der Waals surface area contributed by atoms with Gasteiger partial charge in [-0.2, -0.15) is 0 Å². The fraction of sp³-hybridized carbons (Fsp3) is 0.571. The number of halogens is 1. The minimum Gasteiger partial charge on any atom is -0.492 e. The Morgan fingerprint density at radius 1 is 1.33 bits per heavy atom. The lowest BCUT2D eigenvalue weighted by molar-refractivity contribution is 0.193. The Morgan fingerprint density at radius 3 is 2.50 bits per heavy atom. The second-order valence-corrected chi connectivity index (χ2v) is 4.23. The lowest BCUT2D eigenvalue weighted by Gasteiger charge is -2.18. The first kappa shape index (κ1) is 14.9. The van der Waals surface area contributed by atoms with E-state index in [0.29, 0.717) is 17.9 Å². The highest BCUT2D eigenvalue weighted by molar-refractivity contribution is 5.29. The molecule has 1 N–H and O–H groups in total. The van der Waals surface area contributed by atoms with Gasteiger partial charge in [0.25, 0.3) is 0 Å². The van der Waals surface area contributed by atoms with Crippen molar-refractivity contribution in [2.45, 2.75) is 26.9 Å². The van der Waals surface area contributed by atoms with Gasteiger partial charge in [-0.25, -0.2) is 4.39 Å². The van der Waals surface area contributed by atoms with E-state index in [9.17, 15) is 9.50 Å². The number of hydrogen-bond acceptors (Lipinski definition) is 3. The molecular formula is C14H22FNO2. The molecule has 0 heterocycles. The van der Waals surface area contributed by atoms with Crippen LogP contribution in [0.5, 0.6) is 5.75 Å². The molecule has 0 aliphatic heterocycles. The zero-order valence-electron chi connectivity index (χ0n) is 11.3. The van der Waals surface area contributed by atoms with E-state index in [2.05, 4.69) is 18.7 Å². The molecule has 0 saturated carbocycles. The van der Waals surface area contributed by atoms with Crippen molar-refractivity contribution in [3.63, 3.8) is 0 Å². The molecule has 0 bridgehead atoms. The van der Waals surface area contributed by atoms with E-state index in [0.717, 1.165) is 19.6 Å². The lowest BCUT2D eigenvalue weighted by Crippen LogP contribution is -2.27. The van der Waals surface area contributed by atoms with Gasteiger partial charge in [-0.15, -0.1) is 0 Å². The van der Waals surface area contributed by atoms with Crippen molar-refractivity contribution in [3.05, 3.63) is 29.6 Å². The number of ether oxygens (including phenoxy) is 1. The molecule has 4 heteroatoms. The van der Waals surface area contributed by atoms with E-state index >= 15 is 0 Å². The summed E-state index contributed by atoms with van der Waals surface area (Å²) in [5.74, 6) is 0.0781. The highest BCUT2D eigenvalue weighted by atomic mass is 19.1. The van der Waals surface area contributed by atoms with Gasteiger partial charge >= 0.3 is 0 Å². The predicted octanol–water partition coefficient (Wildman–Crippen LogP) is 2.60. The maximum atomic E-state index is 13.6. The summed E-state index contributed by atoms with van der Waals surface area (Å²) >= 11 is 0. The Balaban J connectivity index is 2.51. The van der Waals surface area contributed by atoms with Crippen LogP contribution in [-0.2, 0) is 0 Å². The third-order valence-electron chi connectivity index (χ3n) is 2.99. The number of hydrogen-bond donors (Lipinski definition) is 1. The van der Waals surface area contributed by atoms with Crippen molar-refractivity contribution in [1.82, 2.24) is 4.90 Å². The monoisotopic (exact) mass is 255 g/mol. The molecule has 0 aliphatic carbocycles. The fourth-order valence-electron chi connectivity index (χ4n) is 1.77. The van der Waals surface area contributed by atoms with Gasteiger partial charge in [0.1, 0.15) is 18.2 Å². The van der Waals surface area contributed by atoms with Crippen molar-refractivity contribution in [3.8, 4) is 5.75 Å². The molecule has 0 aromatic heterocycles. The first-order valence-electron chi connectivity index (χ1n) is 6.41. The van der Waals surface area contributed by atoms with E-state index in [1.54, 1.807) is 19.1 Å². The molecule has 0 unspecified atom stereocenters. The third-order valence-corrected chi connectivity index (χ3v) is 2.99. The van der Waals surface area contributed by atoms with Gasteiger partial charge in [0.15, 0.2) is 0 Å². The van der Waals surface area contributed by atoms with Crippen LogP contribution in [0.3, 0.4) is 0 Å². The molecule has 3 nitrogen and oxygen atoms in total. The molecule has 0 aliphatic rings. The number of nitrogens with zero attached hydrogens (tertiary/aromatic N) is 1. The summed E-state index contributed by atoms with van der Waals surface area (Å²) in [4.78, 5) is 2.24. The molecule has 0 saturated heterocycles. The van der Waals surface area contributed by atoms with Crippen LogP contribution < -0.4 is 4.74 Å². The molecule has 0 fully saturated rings. The molecule has 0 amide bonds. The summed E-state index contributed by atoms with van der Waals surface area (Å²) in [6.45, 7) is 9.06. The van der Waals surface area contributed by atoms with Crippen LogP contribution in [0.4, 0.5) is 4.39 Å². The van der Waals surface area contributed by atoms with Gasteiger partial charge < -0.3 is 14.7 Å². The Kier molecular flexibility index (Phi) is 6.09. The summed E-state index contributed by atoms with van der Waals surface area (Å²) in [6.07, 6.45) is -0.797. The predicted molar refractivity (Wildman–Crippen MR) is 70.3 cm³/mol. The van der Waals surface area contributed by atoms with Crippen molar-refractivity contribution < 1.29 is 14.2 Å². The normalized spacial score (nSPS) is 12.8. The van der Waals surface area contributed by atoms with Crippen LogP contribution in [0.2, 0.25) is 0 Å². The molecule has 1 rings (SSSR count). The molecule has 1 atom stereocenters. The number of aliphatic hydroxyl groups excluding tert-OH is 1. The molecule has 1 aromatic carbocycles. The number of likely N-dealkylation sites (N-methyl/N-ethyl adjacent to an activating group) is 1. The van der Waals surface area contributed by atoms with Crippen LogP contribution in [0.15, 0.2) is 18.2 Å². The Morgan fingerprint density at radius 2 is 2.00 bits per heavy atom. The second kappa shape index (κ2) is 7.34. The van der Waals surface area contributed by atoms with Crippen LogP contribution in [-0.4, -0.2) is 36.2 Å². The summed E-state index contributed by atoms with van der Waals surface area (Å²) in [7, 11) is 0. The minimum atomic E-state index is -0.797. The summed E-state index contributed by atoms with van der Waals surface area (Å²) in [5, 5.41) is 9.32. The van der Waals surface area contributed by atoms with E-state index in [4.69, 9.17) is 4.74 Å². The number of rotatable bonds is 7. The van der Waals surface area contributed by atoms with Crippen molar-refractivity contribution >= 4 is 0 Å². The second-order valence-electron chi connectivity index (χ2n) is 4.23. The van der Waals surface area contributed by atoms with Crippen LogP contribution >= 0.6 is 0 Å². The zero-order valence-corrected chi connectivity index (χ0v) is 11.3. The fourth-order valence-corrected chi connectivity index (χ4v) is 1.77. The number of aliphatic hydroxyl groups is 1. The lowest BCUT2D eigenvalue weighted by atomic mass is 10.1. The Labute approximate surface area is 108 Å². The van der Waals surface area contributed by atoms with Gasteiger partial charge in [-0.1, -0.05) is 13.8 Å². The van der Waals surface area contributed by atoms with Gasteiger partial charge in [-0.05, 0) is 32.1 Å². The van der Waals surface area contributed by atoms with Gasteiger partial charge in [0.2, 0.25) is 0 Å². The summed E-state index contributed by atoms with van der Waals surface area (Å²) in [5.41, 5.74) is 0.297. The summed E-state index contributed by atoms with van der Waals surface area (Å²) < 4.78 is 19.1. The van der Waals surface area contributed by atoms with Gasteiger partial charge in [0.05, 0.1) is 6.10 Å². The molecule has 102 valence electrons. The quantitative estimate of drug-likeness (QED) is 0.813. The molecule has 0 radical (unpaired) electrons. The highest BCUT2D eigenvalue weighted by Crippen LogP contribution is 2.21. The number of benzene rings is 1. The SMILES string of the molecule is CCN(CC)CCOc1ccc([C@@H](C)O)c(F)c1. The molecule has 0 spiro atoms. The van der Waals surface area contributed by atoms with E-state index in [1.165, 1.54) is 6.07 Å². The molecular weight excluding hydrogens is 233 g/mol. The van der Waals surface area contributed by atoms with Gasteiger partial charge in [0, 0.05) is 18.2 Å².